The minimum absolute atomic E-state index is 0.0622. The first-order valence-electron chi connectivity index (χ1n) is 3.78. The van der Waals surface area contributed by atoms with Gasteiger partial charge in [-0.25, -0.2) is 0 Å². The van der Waals surface area contributed by atoms with Crippen LogP contribution in [0, 0.1) is 22.7 Å². The zero-order valence-electron chi connectivity index (χ0n) is 7.33. The van der Waals surface area contributed by atoms with E-state index in [1.54, 1.807) is 12.1 Å². The van der Waals surface area contributed by atoms with Gasteiger partial charge < -0.3 is 5.11 Å². The fraction of sp³-hybridized carbons (Fsp3) is 0. The summed E-state index contributed by atoms with van der Waals surface area (Å²) in [4.78, 5) is 0. The molecule has 0 atom stereocenters. The number of halogens is 2. The molecule has 5 heteroatoms. The first-order valence-corrected chi connectivity index (χ1v) is 4.54. The maximum absolute atomic E-state index is 9.26. The Labute approximate surface area is 96.4 Å². The van der Waals surface area contributed by atoms with Crippen LogP contribution in [0.15, 0.2) is 17.7 Å². The molecule has 0 spiro atoms. The van der Waals surface area contributed by atoms with E-state index >= 15 is 0 Å². The molecule has 0 aliphatic rings. The Balaban J connectivity index is 3.26. The molecule has 74 valence electrons. The van der Waals surface area contributed by atoms with Crippen LogP contribution in [0.5, 0.6) is 5.75 Å². The van der Waals surface area contributed by atoms with Gasteiger partial charge in [0.25, 0.3) is 0 Å². The van der Waals surface area contributed by atoms with Gasteiger partial charge >= 0.3 is 0 Å². The number of rotatable bonds is 1. The van der Waals surface area contributed by atoms with Crippen LogP contribution in [-0.4, -0.2) is 5.11 Å². The number of aromatic hydroxyl groups is 1. The molecule has 1 N–H and O–H groups in total. The van der Waals surface area contributed by atoms with E-state index in [1.165, 1.54) is 18.2 Å². The number of hydrogen-bond acceptors (Lipinski definition) is 3. The summed E-state index contributed by atoms with van der Waals surface area (Å²) in [7, 11) is 0. The lowest BCUT2D eigenvalue weighted by Gasteiger charge is -2.01. The zero-order valence-corrected chi connectivity index (χ0v) is 8.84. The van der Waals surface area contributed by atoms with Gasteiger partial charge in [0.1, 0.15) is 17.7 Å². The highest BCUT2D eigenvalue weighted by Gasteiger charge is 2.05. The number of benzene rings is 1. The van der Waals surface area contributed by atoms with Crippen LogP contribution < -0.4 is 0 Å². The topological polar surface area (TPSA) is 67.8 Å². The second-order valence-electron chi connectivity index (χ2n) is 2.61. The summed E-state index contributed by atoms with van der Waals surface area (Å²) in [6.45, 7) is 0. The van der Waals surface area contributed by atoms with Crippen molar-refractivity contribution in [3.63, 3.8) is 0 Å². The molecule has 0 aliphatic carbocycles. The van der Waals surface area contributed by atoms with Gasteiger partial charge in [0, 0.05) is 0 Å². The third-order valence-corrected chi connectivity index (χ3v) is 2.17. The van der Waals surface area contributed by atoms with Crippen molar-refractivity contribution >= 4 is 29.3 Å². The van der Waals surface area contributed by atoms with Gasteiger partial charge in [0.2, 0.25) is 0 Å². The maximum atomic E-state index is 9.26. The lowest BCUT2D eigenvalue weighted by molar-refractivity contribution is 0.476. The second kappa shape index (κ2) is 4.70. The minimum Gasteiger partial charge on any atom is -0.505 e. The van der Waals surface area contributed by atoms with E-state index in [9.17, 15) is 5.11 Å². The van der Waals surface area contributed by atoms with E-state index in [1.807, 2.05) is 0 Å². The summed E-state index contributed by atoms with van der Waals surface area (Å²) >= 11 is 11.3. The van der Waals surface area contributed by atoms with Gasteiger partial charge in [-0.2, -0.15) is 10.5 Å². The second-order valence-corrected chi connectivity index (χ2v) is 3.43. The Hall–Kier alpha value is -1.68. The highest BCUT2D eigenvalue weighted by molar-refractivity contribution is 6.37. The SMILES string of the molecule is N#CC(C#N)=Cc1cc(Cl)c(O)c(Cl)c1. The van der Waals surface area contributed by atoms with E-state index in [-0.39, 0.29) is 21.4 Å². The molecule has 0 aliphatic heterocycles. The first-order chi connectivity index (χ1) is 7.08. The summed E-state index contributed by atoms with van der Waals surface area (Å²) in [5.41, 5.74) is 0.425. The third kappa shape index (κ3) is 2.63. The Morgan fingerprint density at radius 2 is 1.67 bits per heavy atom. The molecule has 0 heterocycles. The fourth-order valence-electron chi connectivity index (χ4n) is 0.925. The third-order valence-electron chi connectivity index (χ3n) is 1.59. The molecule has 0 fully saturated rings. The van der Waals surface area contributed by atoms with Crippen molar-refractivity contribution in [2.75, 3.05) is 0 Å². The summed E-state index contributed by atoms with van der Waals surface area (Å²) in [6, 6.07) is 6.24. The van der Waals surface area contributed by atoms with Crippen molar-refractivity contribution in [2.24, 2.45) is 0 Å². The first kappa shape index (κ1) is 11.4. The lowest BCUT2D eigenvalue weighted by Crippen LogP contribution is -1.79. The highest BCUT2D eigenvalue weighted by atomic mass is 35.5. The molecule has 3 nitrogen and oxygen atoms in total. The molecule has 0 unspecified atom stereocenters. The molecular formula is C10H4Cl2N2O. The number of phenolic OH excluding ortho intramolecular Hbond substituents is 1. The molecule has 1 aromatic rings. The van der Waals surface area contributed by atoms with E-state index in [0.29, 0.717) is 5.56 Å². The lowest BCUT2D eigenvalue weighted by atomic mass is 10.1. The Morgan fingerprint density at radius 1 is 1.20 bits per heavy atom. The molecule has 0 saturated heterocycles. The van der Waals surface area contributed by atoms with E-state index in [2.05, 4.69) is 0 Å². The summed E-state index contributed by atoms with van der Waals surface area (Å²) in [6.07, 6.45) is 1.33. The van der Waals surface area contributed by atoms with Crippen molar-refractivity contribution in [2.45, 2.75) is 0 Å². The average molecular weight is 239 g/mol. The highest BCUT2D eigenvalue weighted by Crippen LogP contribution is 2.33. The normalized spacial score (nSPS) is 8.80. The number of nitriles is 2. The minimum atomic E-state index is -0.217. The molecule has 15 heavy (non-hydrogen) atoms. The summed E-state index contributed by atoms with van der Waals surface area (Å²) in [5.74, 6) is -0.217. The van der Waals surface area contributed by atoms with Crippen molar-refractivity contribution < 1.29 is 5.11 Å². The fourth-order valence-corrected chi connectivity index (χ4v) is 1.43. The van der Waals surface area contributed by atoms with Crippen molar-refractivity contribution in [1.82, 2.24) is 0 Å². The van der Waals surface area contributed by atoms with Crippen LogP contribution in [-0.2, 0) is 0 Å². The van der Waals surface area contributed by atoms with E-state index in [4.69, 9.17) is 33.7 Å². The number of hydrogen-bond donors (Lipinski definition) is 1. The van der Waals surface area contributed by atoms with Gasteiger partial charge in [-0.15, -0.1) is 0 Å². The molecule has 0 amide bonds. The van der Waals surface area contributed by atoms with Gasteiger partial charge in [0.05, 0.1) is 10.0 Å². The number of allylic oxidation sites excluding steroid dienone is 1. The number of nitrogens with zero attached hydrogens (tertiary/aromatic N) is 2. The van der Waals surface area contributed by atoms with Crippen LogP contribution in [0.1, 0.15) is 5.56 Å². The van der Waals surface area contributed by atoms with Crippen molar-refractivity contribution in [3.8, 4) is 17.9 Å². The predicted molar refractivity (Wildman–Crippen MR) is 57.3 cm³/mol. The van der Waals surface area contributed by atoms with Crippen molar-refractivity contribution in [1.29, 1.82) is 10.5 Å². The smallest absolute Gasteiger partial charge is 0.152 e. The summed E-state index contributed by atoms with van der Waals surface area (Å²) in [5, 5.41) is 26.5. The van der Waals surface area contributed by atoms with Gasteiger partial charge in [-0.1, -0.05) is 23.2 Å². The van der Waals surface area contributed by atoms with Crippen molar-refractivity contribution in [3.05, 3.63) is 33.3 Å². The molecule has 1 rings (SSSR count). The molecule has 0 bridgehead atoms. The van der Waals surface area contributed by atoms with E-state index in [0.717, 1.165) is 0 Å². The van der Waals surface area contributed by atoms with Crippen LogP contribution in [0.3, 0.4) is 0 Å². The molecule has 0 radical (unpaired) electrons. The summed E-state index contributed by atoms with van der Waals surface area (Å²) < 4.78 is 0. The largest absolute Gasteiger partial charge is 0.505 e. The van der Waals surface area contributed by atoms with Crippen LogP contribution in [0.25, 0.3) is 6.08 Å². The Kier molecular flexibility index (Phi) is 3.57. The quantitative estimate of drug-likeness (QED) is 0.765. The number of phenols is 1. The molecule has 0 saturated carbocycles. The average Bonchev–Trinajstić information content (AvgIpc) is 2.22. The zero-order chi connectivity index (χ0) is 11.4. The van der Waals surface area contributed by atoms with Gasteiger partial charge in [-0.05, 0) is 23.8 Å². The Morgan fingerprint density at radius 3 is 2.07 bits per heavy atom. The monoisotopic (exact) mass is 238 g/mol. The molecule has 1 aromatic carbocycles. The molecule has 0 aromatic heterocycles. The Bertz CT molecular complexity index is 470. The van der Waals surface area contributed by atoms with Crippen LogP contribution in [0.4, 0.5) is 0 Å². The van der Waals surface area contributed by atoms with Crippen LogP contribution in [0.2, 0.25) is 10.0 Å². The molecular weight excluding hydrogens is 235 g/mol. The predicted octanol–water partition coefficient (Wildman–Crippen LogP) is 3.13. The van der Waals surface area contributed by atoms with Gasteiger partial charge in [-0.3, -0.25) is 0 Å². The van der Waals surface area contributed by atoms with E-state index < -0.39 is 0 Å². The standard InChI is InChI=1S/C10H4Cl2N2O/c11-8-2-6(1-7(4-13)5-14)3-9(12)10(8)15/h1-3,15H. The maximum Gasteiger partial charge on any atom is 0.152 e. The van der Waals surface area contributed by atoms with Gasteiger partial charge in [0.15, 0.2) is 5.75 Å². The van der Waals surface area contributed by atoms with Crippen LogP contribution >= 0.6 is 23.2 Å².